The fraction of sp³-hybridized carbons (Fsp3) is 0.917. The third-order valence-electron chi connectivity index (χ3n) is 2.27. The van der Waals surface area contributed by atoms with Gasteiger partial charge in [0.05, 0.1) is 6.54 Å². The Kier molecular flexibility index (Phi) is 12.8. The zero-order valence-electron chi connectivity index (χ0n) is 9.83. The first kappa shape index (κ1) is 14.3. The third kappa shape index (κ3) is 13.3. The van der Waals surface area contributed by atoms with E-state index in [9.17, 15) is 4.79 Å². The van der Waals surface area contributed by atoms with Crippen LogP contribution in [0.1, 0.15) is 51.9 Å². The van der Waals surface area contributed by atoms with Gasteiger partial charge in [-0.05, 0) is 19.3 Å². The van der Waals surface area contributed by atoms with E-state index in [4.69, 9.17) is 4.74 Å². The minimum absolute atomic E-state index is 0.587. The minimum atomic E-state index is 0.587. The van der Waals surface area contributed by atoms with Crippen molar-refractivity contribution in [2.45, 2.75) is 51.9 Å². The Bertz CT molecular complexity index is 165. The Morgan fingerprint density at radius 3 is 2.33 bits per heavy atom. The Hall–Kier alpha value is -0.660. The summed E-state index contributed by atoms with van der Waals surface area (Å²) in [5.41, 5.74) is 0. The number of carbonyl (C=O) groups excluding carboxylic acids is 1. The number of aliphatic imine (C=N–C) groups is 1. The van der Waals surface area contributed by atoms with Gasteiger partial charge >= 0.3 is 0 Å². The molecule has 0 aliphatic heterocycles. The lowest BCUT2D eigenvalue weighted by Gasteiger charge is -2.02. The molecule has 0 aliphatic rings. The van der Waals surface area contributed by atoms with Crippen LogP contribution in [0.3, 0.4) is 0 Å². The van der Waals surface area contributed by atoms with Gasteiger partial charge in [-0.1, -0.05) is 32.6 Å². The lowest BCUT2D eigenvalue weighted by atomic mass is 10.2. The maximum absolute atomic E-state index is 9.74. The van der Waals surface area contributed by atoms with Gasteiger partial charge < -0.3 is 4.74 Å². The monoisotopic (exact) mass is 213 g/mol. The second-order valence-corrected chi connectivity index (χ2v) is 3.71. The van der Waals surface area contributed by atoms with E-state index in [2.05, 4.69) is 11.9 Å². The van der Waals surface area contributed by atoms with Crippen molar-refractivity contribution in [1.82, 2.24) is 0 Å². The lowest BCUT2D eigenvalue weighted by molar-refractivity contribution is 0.126. The molecular formula is C12H23NO2. The van der Waals surface area contributed by atoms with Gasteiger partial charge in [0.25, 0.3) is 0 Å². The van der Waals surface area contributed by atoms with Crippen molar-refractivity contribution in [1.29, 1.82) is 0 Å². The molecule has 0 heterocycles. The number of unbranched alkanes of at least 4 members (excludes halogenated alkanes) is 5. The summed E-state index contributed by atoms with van der Waals surface area (Å²) >= 11 is 0. The summed E-state index contributed by atoms with van der Waals surface area (Å²) in [6.07, 6.45) is 9.85. The van der Waals surface area contributed by atoms with Gasteiger partial charge in [-0.3, -0.25) is 0 Å². The minimum Gasteiger partial charge on any atom is -0.381 e. The zero-order valence-corrected chi connectivity index (χ0v) is 9.83. The fourth-order valence-corrected chi connectivity index (χ4v) is 1.35. The number of isocyanates is 1. The predicted molar refractivity (Wildman–Crippen MR) is 61.8 cm³/mol. The van der Waals surface area contributed by atoms with Crippen LogP contribution in [-0.4, -0.2) is 25.8 Å². The van der Waals surface area contributed by atoms with Crippen LogP contribution < -0.4 is 0 Å². The second kappa shape index (κ2) is 13.3. The summed E-state index contributed by atoms with van der Waals surface area (Å²) in [6.45, 7) is 4.48. The van der Waals surface area contributed by atoms with E-state index < -0.39 is 0 Å². The van der Waals surface area contributed by atoms with Crippen molar-refractivity contribution in [3.05, 3.63) is 0 Å². The van der Waals surface area contributed by atoms with Crippen LogP contribution in [0.5, 0.6) is 0 Å². The molecule has 0 aromatic carbocycles. The number of ether oxygens (including phenoxy) is 1. The van der Waals surface area contributed by atoms with Gasteiger partial charge in [0.15, 0.2) is 0 Å². The van der Waals surface area contributed by atoms with Crippen molar-refractivity contribution < 1.29 is 9.53 Å². The number of hydrogen-bond acceptors (Lipinski definition) is 3. The van der Waals surface area contributed by atoms with Crippen molar-refractivity contribution >= 4 is 6.08 Å². The molecule has 3 heteroatoms. The van der Waals surface area contributed by atoms with Gasteiger partial charge in [0, 0.05) is 13.2 Å². The molecule has 0 fully saturated rings. The summed E-state index contributed by atoms with van der Waals surface area (Å²) in [4.78, 5) is 13.2. The van der Waals surface area contributed by atoms with Crippen LogP contribution in [0.15, 0.2) is 4.99 Å². The van der Waals surface area contributed by atoms with Gasteiger partial charge in [-0.15, -0.1) is 0 Å². The maximum atomic E-state index is 9.74. The Labute approximate surface area is 92.9 Å². The van der Waals surface area contributed by atoms with E-state index in [0.29, 0.717) is 6.54 Å². The molecule has 0 unspecified atom stereocenters. The SMILES string of the molecule is CCCCCCCOCCCCN=C=O. The molecule has 0 N–H and O–H groups in total. The lowest BCUT2D eigenvalue weighted by Crippen LogP contribution is -1.97. The summed E-state index contributed by atoms with van der Waals surface area (Å²) in [5.74, 6) is 0. The van der Waals surface area contributed by atoms with Gasteiger partial charge in [-0.25, -0.2) is 9.79 Å². The molecule has 0 aromatic heterocycles. The van der Waals surface area contributed by atoms with Crippen LogP contribution in [0, 0.1) is 0 Å². The average Bonchev–Trinajstić information content (AvgIpc) is 2.26. The highest BCUT2D eigenvalue weighted by atomic mass is 16.5. The smallest absolute Gasteiger partial charge is 0.234 e. The largest absolute Gasteiger partial charge is 0.381 e. The Balaban J connectivity index is 2.89. The number of hydrogen-bond donors (Lipinski definition) is 0. The van der Waals surface area contributed by atoms with Crippen LogP contribution in [-0.2, 0) is 9.53 Å². The molecule has 0 radical (unpaired) electrons. The first-order chi connectivity index (χ1) is 7.41. The fourth-order valence-electron chi connectivity index (χ4n) is 1.35. The zero-order chi connectivity index (χ0) is 11.2. The molecule has 0 aliphatic carbocycles. The van der Waals surface area contributed by atoms with Crippen LogP contribution >= 0.6 is 0 Å². The molecule has 88 valence electrons. The van der Waals surface area contributed by atoms with Gasteiger partial charge in [0.2, 0.25) is 6.08 Å². The van der Waals surface area contributed by atoms with Crippen molar-refractivity contribution in [2.24, 2.45) is 4.99 Å². The highest BCUT2D eigenvalue weighted by Gasteiger charge is 1.91. The molecule has 0 atom stereocenters. The molecular weight excluding hydrogens is 190 g/mol. The first-order valence-corrected chi connectivity index (χ1v) is 6.03. The summed E-state index contributed by atoms with van der Waals surface area (Å²) in [6, 6.07) is 0. The topological polar surface area (TPSA) is 38.7 Å². The van der Waals surface area contributed by atoms with Gasteiger partial charge in [0.1, 0.15) is 0 Å². The van der Waals surface area contributed by atoms with E-state index >= 15 is 0 Å². The van der Waals surface area contributed by atoms with Crippen LogP contribution in [0.2, 0.25) is 0 Å². The summed E-state index contributed by atoms with van der Waals surface area (Å²) in [7, 11) is 0. The summed E-state index contributed by atoms with van der Waals surface area (Å²) in [5, 5.41) is 0. The molecule has 0 spiro atoms. The highest BCUT2D eigenvalue weighted by Crippen LogP contribution is 2.02. The molecule has 0 aromatic rings. The van der Waals surface area contributed by atoms with Crippen molar-refractivity contribution in [3.63, 3.8) is 0 Å². The van der Waals surface area contributed by atoms with Crippen LogP contribution in [0.25, 0.3) is 0 Å². The Morgan fingerprint density at radius 2 is 1.67 bits per heavy atom. The second-order valence-electron chi connectivity index (χ2n) is 3.71. The third-order valence-corrected chi connectivity index (χ3v) is 2.27. The highest BCUT2D eigenvalue weighted by molar-refractivity contribution is 5.32. The van der Waals surface area contributed by atoms with E-state index in [1.807, 2.05) is 0 Å². The van der Waals surface area contributed by atoms with Crippen LogP contribution in [0.4, 0.5) is 0 Å². The van der Waals surface area contributed by atoms with Gasteiger partial charge in [-0.2, -0.15) is 0 Å². The van der Waals surface area contributed by atoms with Crippen molar-refractivity contribution in [2.75, 3.05) is 19.8 Å². The molecule has 0 saturated heterocycles. The standard InChI is InChI=1S/C12H23NO2/c1-2-3-4-5-7-10-15-11-8-6-9-13-12-14/h2-11H2,1H3. The number of nitrogens with zero attached hydrogens (tertiary/aromatic N) is 1. The quantitative estimate of drug-likeness (QED) is 0.300. The van der Waals surface area contributed by atoms with E-state index in [-0.39, 0.29) is 0 Å². The van der Waals surface area contributed by atoms with E-state index in [1.54, 1.807) is 0 Å². The molecule has 0 saturated carbocycles. The maximum Gasteiger partial charge on any atom is 0.234 e. The molecule has 0 bridgehead atoms. The van der Waals surface area contributed by atoms with E-state index in [1.165, 1.54) is 38.2 Å². The predicted octanol–water partition coefficient (Wildman–Crippen LogP) is 3.09. The van der Waals surface area contributed by atoms with Crippen molar-refractivity contribution in [3.8, 4) is 0 Å². The molecule has 3 nitrogen and oxygen atoms in total. The Morgan fingerprint density at radius 1 is 1.00 bits per heavy atom. The normalized spacial score (nSPS) is 9.93. The number of rotatable bonds is 11. The van der Waals surface area contributed by atoms with E-state index in [0.717, 1.165) is 26.1 Å². The average molecular weight is 213 g/mol. The summed E-state index contributed by atoms with van der Waals surface area (Å²) < 4.78 is 5.45. The molecule has 15 heavy (non-hydrogen) atoms. The molecule has 0 rings (SSSR count). The first-order valence-electron chi connectivity index (χ1n) is 6.03. The molecule has 0 amide bonds.